The number of ether oxygens (including phenoxy) is 1. The summed E-state index contributed by atoms with van der Waals surface area (Å²) < 4.78 is 19.6. The van der Waals surface area contributed by atoms with Gasteiger partial charge in [-0.15, -0.1) is 0 Å². The number of nitrogens with zero attached hydrogens (tertiary/aromatic N) is 1. The maximum Gasteiger partial charge on any atom is 0.224 e. The average Bonchev–Trinajstić information content (AvgIpc) is 2.39. The second kappa shape index (κ2) is 6.44. The number of hydrogen-bond acceptors (Lipinski definition) is 4. The lowest BCUT2D eigenvalue weighted by atomic mass is 9.91. The lowest BCUT2D eigenvalue weighted by Crippen LogP contribution is -2.38. The Kier molecular flexibility index (Phi) is 4.81. The van der Waals surface area contributed by atoms with E-state index < -0.39 is 11.4 Å². The van der Waals surface area contributed by atoms with E-state index in [0.717, 1.165) is 0 Å². The number of nitrogens with two attached hydrogens (primary N) is 1. The van der Waals surface area contributed by atoms with E-state index in [0.29, 0.717) is 23.5 Å². The summed E-state index contributed by atoms with van der Waals surface area (Å²) in [5.74, 6) is 0.100. The van der Waals surface area contributed by atoms with Gasteiger partial charge in [0, 0.05) is 17.7 Å². The molecule has 0 saturated heterocycles. The maximum absolute atomic E-state index is 14.2. The minimum absolute atomic E-state index is 0.0966. The first-order chi connectivity index (χ1) is 10.3. The molecular weight excluding hydrogens is 285 g/mol. The van der Waals surface area contributed by atoms with E-state index in [4.69, 9.17) is 10.5 Å². The SMILES string of the molecule is CC(C)CC(=O)Nc1ccc(F)c(C2(C)COCC(N)=N2)c1. The fourth-order valence-corrected chi connectivity index (χ4v) is 2.47. The molecule has 1 aliphatic rings. The van der Waals surface area contributed by atoms with E-state index in [1.54, 1.807) is 13.0 Å². The summed E-state index contributed by atoms with van der Waals surface area (Å²) in [7, 11) is 0. The second-order valence-corrected chi connectivity index (χ2v) is 6.21. The Bertz CT molecular complexity index is 601. The Balaban J connectivity index is 2.27. The normalized spacial score (nSPS) is 21.6. The zero-order valence-electron chi connectivity index (χ0n) is 13.1. The van der Waals surface area contributed by atoms with Crippen molar-refractivity contribution in [3.63, 3.8) is 0 Å². The largest absolute Gasteiger partial charge is 0.386 e. The molecule has 1 heterocycles. The Labute approximate surface area is 129 Å². The van der Waals surface area contributed by atoms with Crippen molar-refractivity contribution >= 4 is 17.4 Å². The number of aliphatic imine (C=N–C) groups is 1. The summed E-state index contributed by atoms with van der Waals surface area (Å²) >= 11 is 0. The third-order valence-electron chi connectivity index (χ3n) is 3.45. The monoisotopic (exact) mass is 307 g/mol. The van der Waals surface area contributed by atoms with E-state index in [9.17, 15) is 9.18 Å². The molecule has 22 heavy (non-hydrogen) atoms. The molecule has 0 fully saturated rings. The molecule has 1 unspecified atom stereocenters. The van der Waals surface area contributed by atoms with Crippen molar-refractivity contribution in [1.29, 1.82) is 0 Å². The van der Waals surface area contributed by atoms with Crippen LogP contribution in [0.5, 0.6) is 0 Å². The molecule has 0 bridgehead atoms. The van der Waals surface area contributed by atoms with E-state index in [1.165, 1.54) is 12.1 Å². The van der Waals surface area contributed by atoms with Crippen LogP contribution in [0.1, 0.15) is 32.8 Å². The number of anilines is 1. The van der Waals surface area contributed by atoms with Gasteiger partial charge in [-0.25, -0.2) is 4.39 Å². The third-order valence-corrected chi connectivity index (χ3v) is 3.45. The first-order valence-corrected chi connectivity index (χ1v) is 7.32. The van der Waals surface area contributed by atoms with Gasteiger partial charge >= 0.3 is 0 Å². The van der Waals surface area contributed by atoms with Gasteiger partial charge in [-0.05, 0) is 31.0 Å². The van der Waals surface area contributed by atoms with Crippen molar-refractivity contribution < 1.29 is 13.9 Å². The van der Waals surface area contributed by atoms with Crippen molar-refractivity contribution in [2.45, 2.75) is 32.7 Å². The molecule has 1 aromatic carbocycles. The van der Waals surface area contributed by atoms with Crippen LogP contribution in [0.25, 0.3) is 0 Å². The molecule has 5 nitrogen and oxygen atoms in total. The summed E-state index contributed by atoms with van der Waals surface area (Å²) in [6.07, 6.45) is 0.415. The molecule has 1 aliphatic heterocycles. The predicted octanol–water partition coefficient (Wildman–Crippen LogP) is 2.41. The number of nitrogens with one attached hydrogen (secondary N) is 1. The van der Waals surface area contributed by atoms with Crippen LogP contribution in [-0.4, -0.2) is 25.0 Å². The maximum atomic E-state index is 14.2. The number of halogens is 1. The summed E-state index contributed by atoms with van der Waals surface area (Å²) in [6.45, 7) is 6.19. The van der Waals surface area contributed by atoms with Crippen molar-refractivity contribution in [3.05, 3.63) is 29.6 Å². The minimum Gasteiger partial charge on any atom is -0.386 e. The molecule has 3 N–H and O–H groups in total. The Morgan fingerprint density at radius 2 is 2.27 bits per heavy atom. The van der Waals surface area contributed by atoms with Gasteiger partial charge in [0.1, 0.15) is 23.8 Å². The van der Waals surface area contributed by atoms with Crippen molar-refractivity contribution in [2.75, 3.05) is 18.5 Å². The number of amidine groups is 1. The molecule has 0 radical (unpaired) electrons. The molecule has 6 heteroatoms. The molecule has 1 atom stereocenters. The second-order valence-electron chi connectivity index (χ2n) is 6.21. The quantitative estimate of drug-likeness (QED) is 0.897. The number of amides is 1. The standard InChI is InChI=1S/C16H22FN3O2/c1-10(2)6-15(21)19-11-4-5-13(17)12(7-11)16(3)9-22-8-14(18)20-16/h4-5,7,10H,6,8-9H2,1-3H3,(H2,18,20)(H,19,21). The van der Waals surface area contributed by atoms with Gasteiger partial charge in [0.2, 0.25) is 5.91 Å². The number of benzene rings is 1. The van der Waals surface area contributed by atoms with Crippen molar-refractivity contribution in [3.8, 4) is 0 Å². The molecular formula is C16H22FN3O2. The van der Waals surface area contributed by atoms with Crippen LogP contribution in [0.3, 0.4) is 0 Å². The summed E-state index contributed by atoms with van der Waals surface area (Å²) in [5, 5.41) is 2.78. The predicted molar refractivity (Wildman–Crippen MR) is 84.3 cm³/mol. The average molecular weight is 307 g/mol. The van der Waals surface area contributed by atoms with Crippen LogP contribution < -0.4 is 11.1 Å². The number of carbonyl (C=O) groups is 1. The fraction of sp³-hybridized carbons (Fsp3) is 0.500. The summed E-state index contributed by atoms with van der Waals surface area (Å²) in [6, 6.07) is 4.46. The third kappa shape index (κ3) is 3.82. The number of hydrogen-bond donors (Lipinski definition) is 2. The topological polar surface area (TPSA) is 76.7 Å². The number of carbonyl (C=O) groups excluding carboxylic acids is 1. The highest BCUT2D eigenvalue weighted by molar-refractivity contribution is 5.91. The smallest absolute Gasteiger partial charge is 0.224 e. The molecule has 2 rings (SSSR count). The molecule has 0 aromatic heterocycles. The molecule has 0 spiro atoms. The highest BCUT2D eigenvalue weighted by Gasteiger charge is 2.32. The zero-order chi connectivity index (χ0) is 16.3. The van der Waals surface area contributed by atoms with Gasteiger partial charge < -0.3 is 15.8 Å². The van der Waals surface area contributed by atoms with E-state index in [-0.39, 0.29) is 25.0 Å². The van der Waals surface area contributed by atoms with Gasteiger partial charge in [-0.3, -0.25) is 9.79 Å². The zero-order valence-corrected chi connectivity index (χ0v) is 13.1. The Morgan fingerprint density at radius 1 is 1.55 bits per heavy atom. The lowest BCUT2D eigenvalue weighted by Gasteiger charge is -2.30. The minimum atomic E-state index is -0.884. The van der Waals surface area contributed by atoms with E-state index >= 15 is 0 Å². The van der Waals surface area contributed by atoms with E-state index in [1.807, 2.05) is 13.8 Å². The molecule has 0 saturated carbocycles. The Morgan fingerprint density at radius 3 is 2.91 bits per heavy atom. The van der Waals surface area contributed by atoms with Crippen LogP contribution >= 0.6 is 0 Å². The van der Waals surface area contributed by atoms with Crippen molar-refractivity contribution in [2.24, 2.45) is 16.6 Å². The first-order valence-electron chi connectivity index (χ1n) is 7.32. The van der Waals surface area contributed by atoms with Gasteiger partial charge in [0.15, 0.2) is 0 Å². The summed E-state index contributed by atoms with van der Waals surface area (Å²) in [5.41, 5.74) is 5.72. The van der Waals surface area contributed by atoms with E-state index in [2.05, 4.69) is 10.3 Å². The highest BCUT2D eigenvalue weighted by Crippen LogP contribution is 2.32. The molecule has 1 aromatic rings. The summed E-state index contributed by atoms with van der Waals surface area (Å²) in [4.78, 5) is 16.2. The number of rotatable bonds is 4. The van der Waals surface area contributed by atoms with Crippen LogP contribution in [-0.2, 0) is 15.1 Å². The Hall–Kier alpha value is -1.95. The van der Waals surface area contributed by atoms with Gasteiger partial charge in [-0.2, -0.15) is 0 Å². The molecule has 120 valence electrons. The van der Waals surface area contributed by atoms with Crippen LogP contribution in [0, 0.1) is 11.7 Å². The highest BCUT2D eigenvalue weighted by atomic mass is 19.1. The van der Waals surface area contributed by atoms with Gasteiger partial charge in [0.05, 0.1) is 6.61 Å². The fourth-order valence-electron chi connectivity index (χ4n) is 2.47. The first kappa shape index (κ1) is 16.4. The van der Waals surface area contributed by atoms with Gasteiger partial charge in [-0.1, -0.05) is 13.8 Å². The van der Waals surface area contributed by atoms with Gasteiger partial charge in [0.25, 0.3) is 0 Å². The van der Waals surface area contributed by atoms with Crippen LogP contribution in [0.4, 0.5) is 10.1 Å². The molecule has 0 aliphatic carbocycles. The van der Waals surface area contributed by atoms with Crippen LogP contribution in [0.2, 0.25) is 0 Å². The van der Waals surface area contributed by atoms with Crippen LogP contribution in [0.15, 0.2) is 23.2 Å². The lowest BCUT2D eigenvalue weighted by molar-refractivity contribution is -0.116. The van der Waals surface area contributed by atoms with Crippen molar-refractivity contribution in [1.82, 2.24) is 0 Å². The molecule has 1 amide bonds.